The molecule has 3 atom stereocenters. The normalized spacial score (nSPS) is 27.9. The number of carbonyl (C=O) groups is 1. The number of carboxylic acid groups (broad SMARTS) is 1. The van der Waals surface area contributed by atoms with Crippen molar-refractivity contribution in [2.24, 2.45) is 5.92 Å². The number of fused-ring (bicyclic) bond motifs is 2. The van der Waals surface area contributed by atoms with Crippen LogP contribution in [-0.4, -0.2) is 28.1 Å². The van der Waals surface area contributed by atoms with Gasteiger partial charge in [0, 0.05) is 23.2 Å². The summed E-state index contributed by atoms with van der Waals surface area (Å²) in [5.41, 5.74) is 0.427. The quantitative estimate of drug-likeness (QED) is 0.685. The highest BCUT2D eigenvalue weighted by atomic mass is 35.5. The minimum atomic E-state index is -0.821. The van der Waals surface area contributed by atoms with Crippen LogP contribution in [0.25, 0.3) is 0 Å². The molecule has 1 aromatic carbocycles. The maximum atomic E-state index is 11.3. The third kappa shape index (κ3) is 1.91. The molecule has 0 saturated carbocycles. The summed E-state index contributed by atoms with van der Waals surface area (Å²) >= 11 is 5.82. The van der Waals surface area contributed by atoms with Crippen LogP contribution in [0.3, 0.4) is 0 Å². The number of benzene rings is 1. The predicted molar refractivity (Wildman–Crippen MR) is 73.1 cm³/mol. The number of aliphatic carboxylic acids is 1. The molecule has 3 unspecified atom stereocenters. The third-order valence-electron chi connectivity index (χ3n) is 4.27. The largest absolute Gasteiger partial charge is 0.481 e. The fourth-order valence-corrected chi connectivity index (χ4v) is 3.66. The maximum Gasteiger partial charge on any atom is 0.308 e. The van der Waals surface area contributed by atoms with Crippen molar-refractivity contribution in [3.8, 4) is 0 Å². The lowest BCUT2D eigenvalue weighted by Crippen LogP contribution is -2.33. The van der Waals surface area contributed by atoms with E-state index in [1.165, 1.54) is 6.07 Å². The summed E-state index contributed by atoms with van der Waals surface area (Å²) in [6.45, 7) is 0. The molecule has 6 nitrogen and oxygen atoms in total. The number of rotatable bonds is 3. The Morgan fingerprint density at radius 1 is 1.45 bits per heavy atom. The molecule has 0 amide bonds. The predicted octanol–water partition coefficient (Wildman–Crippen LogP) is 2.69. The van der Waals surface area contributed by atoms with E-state index in [-0.39, 0.29) is 17.8 Å². The Balaban J connectivity index is 2.02. The molecule has 2 heterocycles. The van der Waals surface area contributed by atoms with Gasteiger partial charge in [0.05, 0.1) is 10.8 Å². The van der Waals surface area contributed by atoms with Crippen molar-refractivity contribution >= 4 is 28.9 Å². The number of anilines is 1. The van der Waals surface area contributed by atoms with Crippen LogP contribution >= 0.6 is 11.6 Å². The molecule has 7 heteroatoms. The van der Waals surface area contributed by atoms with E-state index in [0.717, 1.165) is 12.8 Å². The van der Waals surface area contributed by atoms with E-state index in [4.69, 9.17) is 11.6 Å². The van der Waals surface area contributed by atoms with Crippen molar-refractivity contribution in [1.29, 1.82) is 0 Å². The van der Waals surface area contributed by atoms with Crippen molar-refractivity contribution in [1.82, 2.24) is 0 Å². The van der Waals surface area contributed by atoms with Crippen LogP contribution in [-0.2, 0) is 4.79 Å². The average Bonchev–Trinajstić information content (AvgIpc) is 2.96. The molecule has 1 aromatic rings. The van der Waals surface area contributed by atoms with Crippen molar-refractivity contribution in [3.05, 3.63) is 33.3 Å². The van der Waals surface area contributed by atoms with Crippen LogP contribution < -0.4 is 4.90 Å². The lowest BCUT2D eigenvalue weighted by atomic mass is 9.89. The van der Waals surface area contributed by atoms with E-state index < -0.39 is 16.8 Å². The summed E-state index contributed by atoms with van der Waals surface area (Å²) in [5, 5.41) is 20.7. The lowest BCUT2D eigenvalue weighted by Gasteiger charge is -2.25. The van der Waals surface area contributed by atoms with Crippen LogP contribution in [0.2, 0.25) is 5.02 Å². The molecule has 2 aliphatic rings. The minimum absolute atomic E-state index is 0.0551. The second kappa shape index (κ2) is 4.63. The zero-order valence-electron chi connectivity index (χ0n) is 10.5. The molecule has 2 aliphatic heterocycles. The monoisotopic (exact) mass is 296 g/mol. The highest BCUT2D eigenvalue weighted by Gasteiger charge is 2.50. The molecule has 0 aliphatic carbocycles. The first kappa shape index (κ1) is 13.2. The minimum Gasteiger partial charge on any atom is -0.481 e. The molecule has 106 valence electrons. The standard InChI is InChI=1S/C13H13ClN2O4/c14-7-1-3-11(12(5-7)16(19)20)15-8-2-4-10(15)9(6-8)13(17)18/h1,3,5,8-10H,2,4,6H2,(H,17,18). The zero-order valence-corrected chi connectivity index (χ0v) is 11.3. The third-order valence-corrected chi connectivity index (χ3v) is 4.50. The number of nitro benzene ring substituents is 1. The molecular weight excluding hydrogens is 284 g/mol. The summed E-state index contributed by atoms with van der Waals surface area (Å²) in [7, 11) is 0. The number of nitrogens with zero attached hydrogens (tertiary/aromatic N) is 2. The number of hydrogen-bond acceptors (Lipinski definition) is 4. The van der Waals surface area contributed by atoms with Crippen molar-refractivity contribution in [2.75, 3.05) is 4.90 Å². The second-order valence-corrected chi connectivity index (χ2v) is 5.71. The summed E-state index contributed by atoms with van der Waals surface area (Å²) in [6, 6.07) is 4.47. The van der Waals surface area contributed by atoms with Gasteiger partial charge >= 0.3 is 5.97 Å². The van der Waals surface area contributed by atoms with Gasteiger partial charge in [0.15, 0.2) is 0 Å². The zero-order chi connectivity index (χ0) is 14.4. The van der Waals surface area contributed by atoms with Crippen LogP contribution in [0, 0.1) is 16.0 Å². The Labute approximate surface area is 120 Å². The number of nitro groups is 1. The van der Waals surface area contributed by atoms with E-state index in [2.05, 4.69) is 0 Å². The van der Waals surface area contributed by atoms with Crippen LogP contribution in [0.1, 0.15) is 19.3 Å². The molecule has 0 radical (unpaired) electrons. The fraction of sp³-hybridized carbons (Fsp3) is 0.462. The van der Waals surface area contributed by atoms with Gasteiger partial charge in [-0.3, -0.25) is 14.9 Å². The maximum absolute atomic E-state index is 11.3. The van der Waals surface area contributed by atoms with Crippen LogP contribution in [0.15, 0.2) is 18.2 Å². The summed E-state index contributed by atoms with van der Waals surface area (Å²) in [4.78, 5) is 23.9. The van der Waals surface area contributed by atoms with Gasteiger partial charge in [-0.05, 0) is 31.4 Å². The van der Waals surface area contributed by atoms with Crippen molar-refractivity contribution in [2.45, 2.75) is 31.3 Å². The van der Waals surface area contributed by atoms with Gasteiger partial charge in [-0.15, -0.1) is 0 Å². The number of carboxylic acids is 1. The molecule has 0 spiro atoms. The van der Waals surface area contributed by atoms with Crippen LogP contribution in [0.4, 0.5) is 11.4 Å². The molecule has 1 N–H and O–H groups in total. The highest BCUT2D eigenvalue weighted by Crippen LogP contribution is 2.47. The summed E-state index contributed by atoms with van der Waals surface area (Å²) < 4.78 is 0. The average molecular weight is 297 g/mol. The Bertz CT molecular complexity index is 592. The topological polar surface area (TPSA) is 83.7 Å². The molecule has 2 bridgehead atoms. The SMILES string of the molecule is O=C(O)C1CC2CCC1N2c1ccc(Cl)cc1[N+](=O)[O-]. The van der Waals surface area contributed by atoms with E-state index in [0.29, 0.717) is 17.1 Å². The summed E-state index contributed by atoms with van der Waals surface area (Å²) in [5.74, 6) is -1.26. The Kier molecular flexibility index (Phi) is 3.05. The van der Waals surface area contributed by atoms with Crippen LogP contribution in [0.5, 0.6) is 0 Å². The first-order valence-corrected chi connectivity index (χ1v) is 6.82. The smallest absolute Gasteiger partial charge is 0.308 e. The molecule has 0 aromatic heterocycles. The molecule has 3 rings (SSSR count). The first-order valence-electron chi connectivity index (χ1n) is 6.44. The van der Waals surface area contributed by atoms with Gasteiger partial charge in [-0.2, -0.15) is 0 Å². The van der Waals surface area contributed by atoms with E-state index >= 15 is 0 Å². The van der Waals surface area contributed by atoms with Gasteiger partial charge in [0.25, 0.3) is 5.69 Å². The molecule has 20 heavy (non-hydrogen) atoms. The van der Waals surface area contributed by atoms with E-state index in [1.807, 2.05) is 4.90 Å². The molecule has 2 fully saturated rings. The van der Waals surface area contributed by atoms with Crippen molar-refractivity contribution < 1.29 is 14.8 Å². The van der Waals surface area contributed by atoms with Gasteiger partial charge in [-0.1, -0.05) is 11.6 Å². The molecule has 2 saturated heterocycles. The van der Waals surface area contributed by atoms with Crippen molar-refractivity contribution in [3.63, 3.8) is 0 Å². The van der Waals surface area contributed by atoms with Gasteiger partial charge in [0.1, 0.15) is 5.69 Å². The number of hydrogen-bond donors (Lipinski definition) is 1. The first-order chi connectivity index (χ1) is 9.49. The van der Waals surface area contributed by atoms with Gasteiger partial charge in [0.2, 0.25) is 0 Å². The van der Waals surface area contributed by atoms with E-state index in [1.54, 1.807) is 12.1 Å². The summed E-state index contributed by atoms with van der Waals surface area (Å²) in [6.07, 6.45) is 2.20. The van der Waals surface area contributed by atoms with Gasteiger partial charge < -0.3 is 10.0 Å². The molecular formula is C13H13ClN2O4. The van der Waals surface area contributed by atoms with Gasteiger partial charge in [-0.25, -0.2) is 0 Å². The number of halogens is 1. The Hall–Kier alpha value is -1.82. The fourth-order valence-electron chi connectivity index (χ4n) is 3.49. The van der Waals surface area contributed by atoms with E-state index in [9.17, 15) is 20.0 Å². The highest BCUT2D eigenvalue weighted by molar-refractivity contribution is 6.30. The Morgan fingerprint density at radius 3 is 2.80 bits per heavy atom. The Morgan fingerprint density at radius 2 is 2.20 bits per heavy atom. The lowest BCUT2D eigenvalue weighted by molar-refractivity contribution is -0.384. The second-order valence-electron chi connectivity index (χ2n) is 5.28.